The maximum atomic E-state index is 13.5. The normalized spacial score (nSPS) is 20.5. The third-order valence-corrected chi connectivity index (χ3v) is 5.08. The minimum atomic E-state index is -4.85. The zero-order valence-corrected chi connectivity index (χ0v) is 13.2. The molecular formula is C12H15ClF4N2O2S. The smallest absolute Gasteiger partial charge is 0.312 e. The van der Waals surface area contributed by atoms with Crippen LogP contribution in [0.4, 0.5) is 17.6 Å². The number of nitrogens with one attached hydrogen (secondary N) is 1. The Kier molecular flexibility index (Phi) is 5.82. The van der Waals surface area contributed by atoms with Crippen molar-refractivity contribution in [1.82, 2.24) is 9.62 Å². The monoisotopic (exact) mass is 362 g/mol. The third-order valence-electron chi connectivity index (χ3n) is 3.22. The Morgan fingerprint density at radius 1 is 1.32 bits per heavy atom. The summed E-state index contributed by atoms with van der Waals surface area (Å²) in [6.07, 6.45) is -4.85. The fourth-order valence-electron chi connectivity index (χ4n) is 2.15. The van der Waals surface area contributed by atoms with Crippen LogP contribution in [-0.4, -0.2) is 38.4 Å². The molecule has 1 aliphatic rings. The third kappa shape index (κ3) is 3.89. The molecule has 0 aromatic heterocycles. The fraction of sp³-hybridized carbons (Fsp3) is 0.500. The van der Waals surface area contributed by atoms with Gasteiger partial charge < -0.3 is 5.32 Å². The van der Waals surface area contributed by atoms with Crippen LogP contribution >= 0.6 is 12.4 Å². The van der Waals surface area contributed by atoms with Gasteiger partial charge in [0.15, 0.2) is 0 Å². The summed E-state index contributed by atoms with van der Waals surface area (Å²) in [5, 5.41) is 3.05. The van der Waals surface area contributed by atoms with Crippen molar-refractivity contribution in [2.45, 2.75) is 24.0 Å². The molecule has 0 radical (unpaired) electrons. The van der Waals surface area contributed by atoms with Gasteiger partial charge in [-0.15, -0.1) is 12.4 Å². The van der Waals surface area contributed by atoms with E-state index in [4.69, 9.17) is 0 Å². The molecule has 0 amide bonds. The molecule has 10 heteroatoms. The van der Waals surface area contributed by atoms with Gasteiger partial charge in [0.1, 0.15) is 5.82 Å². The maximum Gasteiger partial charge on any atom is 0.419 e. The van der Waals surface area contributed by atoms with E-state index in [-0.39, 0.29) is 31.5 Å². The number of sulfonamides is 1. The predicted octanol–water partition coefficient (Wildman–Crippen LogP) is 2.25. The summed E-state index contributed by atoms with van der Waals surface area (Å²) in [4.78, 5) is -0.470. The van der Waals surface area contributed by atoms with E-state index in [2.05, 4.69) is 5.32 Å². The Labute approximate surface area is 132 Å². The first-order valence-electron chi connectivity index (χ1n) is 6.22. The van der Waals surface area contributed by atoms with E-state index in [9.17, 15) is 26.0 Å². The lowest BCUT2D eigenvalue weighted by Crippen LogP contribution is -2.51. The second-order valence-corrected chi connectivity index (χ2v) is 6.80. The summed E-state index contributed by atoms with van der Waals surface area (Å²) in [7, 11) is -3.99. The van der Waals surface area contributed by atoms with Crippen molar-refractivity contribution in [3.63, 3.8) is 0 Å². The van der Waals surface area contributed by atoms with Crippen molar-refractivity contribution in [2.75, 3.05) is 19.6 Å². The average molecular weight is 363 g/mol. The molecule has 1 aliphatic heterocycles. The van der Waals surface area contributed by atoms with Crippen LogP contribution in [0.25, 0.3) is 0 Å². The second kappa shape index (κ2) is 6.69. The molecule has 1 unspecified atom stereocenters. The van der Waals surface area contributed by atoms with E-state index in [0.29, 0.717) is 18.7 Å². The molecular weight excluding hydrogens is 348 g/mol. The van der Waals surface area contributed by atoms with E-state index in [1.807, 2.05) is 0 Å². The lowest BCUT2D eigenvalue weighted by atomic mass is 10.2. The van der Waals surface area contributed by atoms with E-state index < -0.39 is 32.5 Å². The lowest BCUT2D eigenvalue weighted by Gasteiger charge is -2.31. The average Bonchev–Trinajstić information content (AvgIpc) is 2.37. The molecule has 1 aromatic carbocycles. The quantitative estimate of drug-likeness (QED) is 0.821. The highest BCUT2D eigenvalue weighted by atomic mass is 35.5. The van der Waals surface area contributed by atoms with Gasteiger partial charge in [-0.25, -0.2) is 12.8 Å². The van der Waals surface area contributed by atoms with Crippen molar-refractivity contribution in [3.8, 4) is 0 Å². The highest BCUT2D eigenvalue weighted by Crippen LogP contribution is 2.32. The number of hydrogen-bond acceptors (Lipinski definition) is 3. The Morgan fingerprint density at radius 2 is 1.95 bits per heavy atom. The molecule has 0 bridgehead atoms. The van der Waals surface area contributed by atoms with Gasteiger partial charge in [-0.1, -0.05) is 0 Å². The van der Waals surface area contributed by atoms with Crippen LogP contribution in [0, 0.1) is 5.82 Å². The zero-order valence-electron chi connectivity index (χ0n) is 11.5. The Balaban J connectivity index is 0.00000242. The van der Waals surface area contributed by atoms with Crippen LogP contribution in [-0.2, 0) is 16.2 Å². The number of benzene rings is 1. The summed E-state index contributed by atoms with van der Waals surface area (Å²) >= 11 is 0. The molecule has 0 spiro atoms. The van der Waals surface area contributed by atoms with Gasteiger partial charge in [0.05, 0.1) is 10.5 Å². The molecule has 2 rings (SSSR count). The van der Waals surface area contributed by atoms with Crippen LogP contribution in [0.3, 0.4) is 0 Å². The van der Waals surface area contributed by atoms with Crippen molar-refractivity contribution in [1.29, 1.82) is 0 Å². The van der Waals surface area contributed by atoms with Crippen LogP contribution in [0.2, 0.25) is 0 Å². The summed E-state index contributed by atoms with van der Waals surface area (Å²) < 4.78 is 76.7. The van der Waals surface area contributed by atoms with E-state index in [0.717, 1.165) is 10.4 Å². The van der Waals surface area contributed by atoms with Gasteiger partial charge in [0.2, 0.25) is 10.0 Å². The minimum absolute atomic E-state index is 0. The minimum Gasteiger partial charge on any atom is -0.312 e. The van der Waals surface area contributed by atoms with Crippen LogP contribution in [0.15, 0.2) is 23.1 Å². The van der Waals surface area contributed by atoms with Crippen molar-refractivity contribution < 1.29 is 26.0 Å². The van der Waals surface area contributed by atoms with Gasteiger partial charge in [0, 0.05) is 25.7 Å². The van der Waals surface area contributed by atoms with Gasteiger partial charge >= 0.3 is 6.18 Å². The lowest BCUT2D eigenvalue weighted by molar-refractivity contribution is -0.140. The van der Waals surface area contributed by atoms with Gasteiger partial charge in [-0.3, -0.25) is 0 Å². The van der Waals surface area contributed by atoms with Gasteiger partial charge in [0.25, 0.3) is 0 Å². The topological polar surface area (TPSA) is 49.4 Å². The second-order valence-electron chi connectivity index (χ2n) is 4.86. The fourth-order valence-corrected chi connectivity index (χ4v) is 3.69. The van der Waals surface area contributed by atoms with Gasteiger partial charge in [-0.05, 0) is 25.1 Å². The van der Waals surface area contributed by atoms with E-state index in [1.165, 1.54) is 0 Å². The SMILES string of the molecule is CC1CN(S(=O)(=O)c2ccc(C(F)(F)F)c(F)c2)CCN1.Cl. The number of halogens is 5. The molecule has 4 nitrogen and oxygen atoms in total. The Bertz CT molecular complexity index is 637. The standard InChI is InChI=1S/C12H14F4N2O2S.ClH/c1-8-7-18(5-4-17-8)21(19,20)9-2-3-10(11(13)6-9)12(14,15)16;/h2-3,6,8,17H,4-5,7H2,1H3;1H. The molecule has 1 fully saturated rings. The Hall–Kier alpha value is -0.900. The number of piperazine rings is 1. The largest absolute Gasteiger partial charge is 0.419 e. The zero-order chi connectivity index (χ0) is 15.8. The number of rotatable bonds is 2. The van der Waals surface area contributed by atoms with Crippen LogP contribution in [0.1, 0.15) is 12.5 Å². The van der Waals surface area contributed by atoms with Crippen LogP contribution in [0.5, 0.6) is 0 Å². The van der Waals surface area contributed by atoms with Gasteiger partial charge in [-0.2, -0.15) is 17.5 Å². The maximum absolute atomic E-state index is 13.5. The molecule has 0 aliphatic carbocycles. The molecule has 1 heterocycles. The number of hydrogen-bond donors (Lipinski definition) is 1. The first kappa shape index (κ1) is 19.1. The molecule has 22 heavy (non-hydrogen) atoms. The predicted molar refractivity (Wildman–Crippen MR) is 74.9 cm³/mol. The summed E-state index contributed by atoms with van der Waals surface area (Å²) in [5.74, 6) is -1.59. The highest BCUT2D eigenvalue weighted by Gasteiger charge is 2.36. The summed E-state index contributed by atoms with van der Waals surface area (Å²) in [6, 6.07) is 1.58. The van der Waals surface area contributed by atoms with E-state index >= 15 is 0 Å². The van der Waals surface area contributed by atoms with E-state index in [1.54, 1.807) is 6.92 Å². The van der Waals surface area contributed by atoms with Crippen molar-refractivity contribution in [2.24, 2.45) is 0 Å². The molecule has 1 aromatic rings. The Morgan fingerprint density at radius 3 is 2.45 bits per heavy atom. The summed E-state index contributed by atoms with van der Waals surface area (Å²) in [5.41, 5.74) is -1.48. The molecule has 1 N–H and O–H groups in total. The van der Waals surface area contributed by atoms with Crippen molar-refractivity contribution >= 4 is 22.4 Å². The first-order chi connectivity index (χ1) is 9.62. The first-order valence-corrected chi connectivity index (χ1v) is 7.66. The molecule has 126 valence electrons. The summed E-state index contributed by atoms with van der Waals surface area (Å²) in [6.45, 7) is 2.60. The number of alkyl halides is 3. The van der Waals surface area contributed by atoms with Crippen molar-refractivity contribution in [3.05, 3.63) is 29.6 Å². The molecule has 0 saturated carbocycles. The number of nitrogens with zero attached hydrogens (tertiary/aromatic N) is 1. The van der Waals surface area contributed by atoms with Crippen LogP contribution < -0.4 is 5.32 Å². The highest BCUT2D eigenvalue weighted by molar-refractivity contribution is 7.89. The molecule has 1 saturated heterocycles. The molecule has 1 atom stereocenters.